The third-order valence-electron chi connectivity index (χ3n) is 6.65. The van der Waals surface area contributed by atoms with Gasteiger partial charge in [-0.1, -0.05) is 48.5 Å². The number of anilines is 2. The fraction of sp³-hybridized carbons (Fsp3) is 0.345. The molecule has 33 heavy (non-hydrogen) atoms. The molecule has 4 nitrogen and oxygen atoms in total. The van der Waals surface area contributed by atoms with E-state index in [1.54, 1.807) is 0 Å². The molecule has 4 heteroatoms. The highest BCUT2D eigenvalue weighted by Crippen LogP contribution is 2.32. The van der Waals surface area contributed by atoms with Gasteiger partial charge in [-0.15, -0.1) is 0 Å². The first-order valence-corrected chi connectivity index (χ1v) is 12.2. The average molecular weight is 442 g/mol. The maximum absolute atomic E-state index is 12.8. The first-order chi connectivity index (χ1) is 16.2. The van der Waals surface area contributed by atoms with E-state index in [-0.39, 0.29) is 5.91 Å². The summed E-state index contributed by atoms with van der Waals surface area (Å²) in [4.78, 5) is 19.6. The second kappa shape index (κ2) is 11.2. The minimum absolute atomic E-state index is 0.104. The van der Waals surface area contributed by atoms with Gasteiger partial charge in [-0.2, -0.15) is 0 Å². The fourth-order valence-corrected chi connectivity index (χ4v) is 4.79. The van der Waals surface area contributed by atoms with Crippen LogP contribution in [-0.2, 0) is 6.54 Å². The van der Waals surface area contributed by atoms with Gasteiger partial charge in [-0.05, 0) is 68.7 Å². The standard InChI is InChI=1S/C29H35N3O/c1-3-31(4-2)29(33)25-15-17-27(18-16-25)32(26-13-9-6-10-14-26)28-19-21-30(22-20-28)23-24-11-7-5-8-12-24/h5-18,28H,3-4,19-23H2,1-2H3. The number of carbonyl (C=O) groups excluding carboxylic acids is 1. The molecular formula is C29H35N3O. The van der Waals surface area contributed by atoms with Crippen molar-refractivity contribution in [1.29, 1.82) is 0 Å². The number of carbonyl (C=O) groups is 1. The molecule has 0 spiro atoms. The molecule has 0 aliphatic carbocycles. The molecule has 3 aromatic rings. The molecule has 172 valence electrons. The van der Waals surface area contributed by atoms with E-state index in [4.69, 9.17) is 0 Å². The van der Waals surface area contributed by atoms with E-state index in [1.807, 2.05) is 30.9 Å². The van der Waals surface area contributed by atoms with Crippen LogP contribution in [0.2, 0.25) is 0 Å². The van der Waals surface area contributed by atoms with E-state index in [0.29, 0.717) is 6.04 Å². The van der Waals surface area contributed by atoms with Crippen LogP contribution in [0.3, 0.4) is 0 Å². The first kappa shape index (κ1) is 23.1. The summed E-state index contributed by atoms with van der Waals surface area (Å²) in [7, 11) is 0. The highest BCUT2D eigenvalue weighted by atomic mass is 16.2. The Labute approximate surface area is 198 Å². The van der Waals surface area contributed by atoms with Crippen molar-refractivity contribution in [3.8, 4) is 0 Å². The molecule has 0 bridgehead atoms. The molecule has 1 saturated heterocycles. The van der Waals surface area contributed by atoms with Crippen LogP contribution in [0.1, 0.15) is 42.6 Å². The number of likely N-dealkylation sites (tertiary alicyclic amines) is 1. The van der Waals surface area contributed by atoms with Gasteiger partial charge in [0.05, 0.1) is 0 Å². The van der Waals surface area contributed by atoms with Crippen molar-refractivity contribution in [2.75, 3.05) is 31.1 Å². The first-order valence-electron chi connectivity index (χ1n) is 12.2. The highest BCUT2D eigenvalue weighted by molar-refractivity contribution is 5.94. The van der Waals surface area contributed by atoms with Crippen molar-refractivity contribution < 1.29 is 4.79 Å². The normalized spacial score (nSPS) is 14.7. The number of para-hydroxylation sites is 1. The Morgan fingerprint density at radius 3 is 1.91 bits per heavy atom. The molecule has 0 N–H and O–H groups in total. The summed E-state index contributed by atoms with van der Waals surface area (Å²) < 4.78 is 0. The minimum Gasteiger partial charge on any atom is -0.339 e. The largest absolute Gasteiger partial charge is 0.339 e. The summed E-state index contributed by atoms with van der Waals surface area (Å²) in [5.41, 5.74) is 4.50. The van der Waals surface area contributed by atoms with Gasteiger partial charge in [-0.25, -0.2) is 0 Å². The predicted octanol–water partition coefficient (Wildman–Crippen LogP) is 5.97. The number of amides is 1. The molecule has 1 fully saturated rings. The lowest BCUT2D eigenvalue weighted by Crippen LogP contribution is -2.42. The van der Waals surface area contributed by atoms with Gasteiger partial charge in [0.25, 0.3) is 5.91 Å². The van der Waals surface area contributed by atoms with E-state index in [1.165, 1.54) is 11.3 Å². The van der Waals surface area contributed by atoms with Crippen molar-refractivity contribution in [2.45, 2.75) is 39.3 Å². The van der Waals surface area contributed by atoms with Crippen LogP contribution < -0.4 is 4.90 Å². The fourth-order valence-electron chi connectivity index (χ4n) is 4.79. The Hall–Kier alpha value is -3.11. The number of hydrogen-bond acceptors (Lipinski definition) is 3. The lowest BCUT2D eigenvalue weighted by molar-refractivity contribution is 0.0773. The molecule has 0 radical (unpaired) electrons. The number of hydrogen-bond donors (Lipinski definition) is 0. The van der Waals surface area contributed by atoms with Gasteiger partial charge in [0.1, 0.15) is 0 Å². The second-order valence-corrected chi connectivity index (χ2v) is 8.72. The van der Waals surface area contributed by atoms with Crippen molar-refractivity contribution in [1.82, 2.24) is 9.80 Å². The maximum atomic E-state index is 12.8. The van der Waals surface area contributed by atoms with Crippen LogP contribution in [0.15, 0.2) is 84.9 Å². The Morgan fingerprint density at radius 2 is 1.33 bits per heavy atom. The zero-order valence-electron chi connectivity index (χ0n) is 19.9. The SMILES string of the molecule is CCN(CC)C(=O)c1ccc(N(c2ccccc2)C2CCN(Cc3ccccc3)CC2)cc1. The smallest absolute Gasteiger partial charge is 0.253 e. The third kappa shape index (κ3) is 5.63. The van der Waals surface area contributed by atoms with Crippen LogP contribution in [0.5, 0.6) is 0 Å². The topological polar surface area (TPSA) is 26.8 Å². The summed E-state index contributed by atoms with van der Waals surface area (Å²) in [5.74, 6) is 0.104. The molecule has 1 aliphatic heterocycles. The van der Waals surface area contributed by atoms with Crippen molar-refractivity contribution >= 4 is 17.3 Å². The van der Waals surface area contributed by atoms with E-state index in [0.717, 1.165) is 56.8 Å². The van der Waals surface area contributed by atoms with Crippen molar-refractivity contribution in [3.63, 3.8) is 0 Å². The summed E-state index contributed by atoms with van der Waals surface area (Å²) in [6.07, 6.45) is 2.23. The summed E-state index contributed by atoms with van der Waals surface area (Å²) in [6.45, 7) is 8.70. The number of rotatable bonds is 8. The third-order valence-corrected chi connectivity index (χ3v) is 6.65. The quantitative estimate of drug-likeness (QED) is 0.431. The lowest BCUT2D eigenvalue weighted by atomic mass is 10.00. The van der Waals surface area contributed by atoms with Gasteiger partial charge in [0, 0.05) is 55.7 Å². The average Bonchev–Trinajstić information content (AvgIpc) is 2.88. The van der Waals surface area contributed by atoms with Gasteiger partial charge in [0.2, 0.25) is 0 Å². The zero-order valence-corrected chi connectivity index (χ0v) is 19.9. The van der Waals surface area contributed by atoms with Crippen LogP contribution in [0.4, 0.5) is 11.4 Å². The minimum atomic E-state index is 0.104. The Balaban J connectivity index is 1.50. The van der Waals surface area contributed by atoms with Crippen LogP contribution in [0.25, 0.3) is 0 Å². The molecule has 0 aromatic heterocycles. The van der Waals surface area contributed by atoms with Crippen molar-refractivity contribution in [2.24, 2.45) is 0 Å². The van der Waals surface area contributed by atoms with Crippen LogP contribution in [0, 0.1) is 0 Å². The lowest BCUT2D eigenvalue weighted by Gasteiger charge is -2.40. The molecule has 0 atom stereocenters. The molecular weight excluding hydrogens is 406 g/mol. The van der Waals surface area contributed by atoms with Crippen LogP contribution >= 0.6 is 0 Å². The van der Waals surface area contributed by atoms with Gasteiger partial charge in [0.15, 0.2) is 0 Å². The number of benzene rings is 3. The van der Waals surface area contributed by atoms with Crippen molar-refractivity contribution in [3.05, 3.63) is 96.1 Å². The molecule has 3 aromatic carbocycles. The summed E-state index contributed by atoms with van der Waals surface area (Å²) in [6, 6.07) is 30.0. The summed E-state index contributed by atoms with van der Waals surface area (Å²) >= 11 is 0. The maximum Gasteiger partial charge on any atom is 0.253 e. The molecule has 0 saturated carbocycles. The van der Waals surface area contributed by atoms with Gasteiger partial charge < -0.3 is 9.80 Å². The molecule has 1 amide bonds. The summed E-state index contributed by atoms with van der Waals surface area (Å²) in [5, 5.41) is 0. The molecule has 4 rings (SSSR count). The van der Waals surface area contributed by atoms with E-state index >= 15 is 0 Å². The Morgan fingerprint density at radius 1 is 0.788 bits per heavy atom. The predicted molar refractivity (Wildman–Crippen MR) is 137 cm³/mol. The molecule has 1 aliphatic rings. The van der Waals surface area contributed by atoms with Crippen LogP contribution in [-0.4, -0.2) is 47.9 Å². The van der Waals surface area contributed by atoms with E-state index in [2.05, 4.69) is 82.6 Å². The van der Waals surface area contributed by atoms with E-state index in [9.17, 15) is 4.79 Å². The van der Waals surface area contributed by atoms with Gasteiger partial charge >= 0.3 is 0 Å². The Bertz CT molecular complexity index is 992. The number of piperidine rings is 1. The number of nitrogens with zero attached hydrogens (tertiary/aromatic N) is 3. The highest BCUT2D eigenvalue weighted by Gasteiger charge is 2.26. The molecule has 0 unspecified atom stereocenters. The zero-order chi connectivity index (χ0) is 23.0. The monoisotopic (exact) mass is 441 g/mol. The molecule has 1 heterocycles. The van der Waals surface area contributed by atoms with Gasteiger partial charge in [-0.3, -0.25) is 9.69 Å². The second-order valence-electron chi connectivity index (χ2n) is 8.72. The Kier molecular flexibility index (Phi) is 7.79. The van der Waals surface area contributed by atoms with E-state index < -0.39 is 0 Å².